The molecule has 13 heavy (non-hydrogen) atoms. The highest BCUT2D eigenvalue weighted by Crippen LogP contribution is 2.01. The maximum absolute atomic E-state index is 4.21. The molecular formula is C10H11N3. The predicted molar refractivity (Wildman–Crippen MR) is 50.3 cm³/mol. The molecule has 0 unspecified atom stereocenters. The van der Waals surface area contributed by atoms with Crippen molar-refractivity contribution in [3.05, 3.63) is 48.0 Å². The molecule has 2 aromatic heterocycles. The van der Waals surface area contributed by atoms with Crippen molar-refractivity contribution in [2.45, 2.75) is 13.5 Å². The third kappa shape index (κ3) is 1.93. The Kier molecular flexibility index (Phi) is 2.08. The van der Waals surface area contributed by atoms with Gasteiger partial charge in [-0.25, -0.2) is 0 Å². The zero-order valence-corrected chi connectivity index (χ0v) is 7.51. The summed E-state index contributed by atoms with van der Waals surface area (Å²) < 4.78 is 1.92. The predicted octanol–water partition coefficient (Wildman–Crippen LogP) is 1.63. The number of nitrogens with zero attached hydrogens (tertiary/aromatic N) is 3. The van der Waals surface area contributed by atoms with Crippen LogP contribution in [0.15, 0.2) is 36.9 Å². The van der Waals surface area contributed by atoms with E-state index in [2.05, 4.69) is 10.1 Å². The third-order valence-electron chi connectivity index (χ3n) is 1.86. The summed E-state index contributed by atoms with van der Waals surface area (Å²) in [6, 6.07) is 3.99. The standard InChI is InChI=1S/C10H11N3/c1-9-6-12-13(7-9)8-10-2-4-11-5-3-10/h2-7H,8H2,1H3. The molecule has 0 aliphatic heterocycles. The Bertz CT molecular complexity index is 378. The summed E-state index contributed by atoms with van der Waals surface area (Å²) in [6.07, 6.45) is 7.49. The van der Waals surface area contributed by atoms with E-state index in [1.165, 1.54) is 11.1 Å². The molecule has 3 heteroatoms. The van der Waals surface area contributed by atoms with E-state index in [0.717, 1.165) is 6.54 Å². The maximum atomic E-state index is 4.21. The second kappa shape index (κ2) is 3.39. The van der Waals surface area contributed by atoms with E-state index < -0.39 is 0 Å². The van der Waals surface area contributed by atoms with E-state index in [1.807, 2.05) is 36.1 Å². The van der Waals surface area contributed by atoms with Gasteiger partial charge in [-0.15, -0.1) is 0 Å². The van der Waals surface area contributed by atoms with Gasteiger partial charge >= 0.3 is 0 Å². The molecule has 2 heterocycles. The molecule has 0 amide bonds. The normalized spacial score (nSPS) is 10.2. The molecular weight excluding hydrogens is 162 g/mol. The van der Waals surface area contributed by atoms with Crippen LogP contribution in [0.1, 0.15) is 11.1 Å². The molecule has 2 rings (SSSR count). The lowest BCUT2D eigenvalue weighted by atomic mass is 10.3. The van der Waals surface area contributed by atoms with Crippen molar-refractivity contribution in [2.24, 2.45) is 0 Å². The second-order valence-electron chi connectivity index (χ2n) is 3.07. The lowest BCUT2D eigenvalue weighted by Crippen LogP contribution is -1.99. The highest BCUT2D eigenvalue weighted by Gasteiger charge is 1.95. The molecule has 66 valence electrons. The fourth-order valence-electron chi connectivity index (χ4n) is 1.23. The first-order valence-corrected chi connectivity index (χ1v) is 4.22. The molecule has 3 nitrogen and oxygen atoms in total. The summed E-state index contributed by atoms with van der Waals surface area (Å²) >= 11 is 0. The number of rotatable bonds is 2. The topological polar surface area (TPSA) is 30.7 Å². The van der Waals surface area contributed by atoms with Gasteiger partial charge < -0.3 is 0 Å². The average molecular weight is 173 g/mol. The van der Waals surface area contributed by atoms with Gasteiger partial charge in [0.05, 0.1) is 12.7 Å². The quantitative estimate of drug-likeness (QED) is 0.691. The molecule has 0 fully saturated rings. The molecule has 0 aliphatic carbocycles. The van der Waals surface area contributed by atoms with E-state index in [4.69, 9.17) is 0 Å². The summed E-state index contributed by atoms with van der Waals surface area (Å²) in [5, 5.41) is 4.21. The van der Waals surface area contributed by atoms with E-state index in [0.29, 0.717) is 0 Å². The molecule has 0 atom stereocenters. The Labute approximate surface area is 77.0 Å². The fraction of sp³-hybridized carbons (Fsp3) is 0.200. The minimum Gasteiger partial charge on any atom is -0.268 e. The Morgan fingerprint density at radius 1 is 1.31 bits per heavy atom. The van der Waals surface area contributed by atoms with E-state index in [9.17, 15) is 0 Å². The Morgan fingerprint density at radius 3 is 2.69 bits per heavy atom. The molecule has 0 aromatic carbocycles. The van der Waals surface area contributed by atoms with Crippen molar-refractivity contribution >= 4 is 0 Å². The molecule has 0 bridgehead atoms. The number of hydrogen-bond acceptors (Lipinski definition) is 2. The van der Waals surface area contributed by atoms with Gasteiger partial charge in [0, 0.05) is 18.6 Å². The van der Waals surface area contributed by atoms with Gasteiger partial charge in [0.1, 0.15) is 0 Å². The van der Waals surface area contributed by atoms with Crippen LogP contribution >= 0.6 is 0 Å². The van der Waals surface area contributed by atoms with Crippen LogP contribution in [-0.2, 0) is 6.54 Å². The summed E-state index contributed by atoms with van der Waals surface area (Å²) in [6.45, 7) is 2.85. The SMILES string of the molecule is Cc1cnn(Cc2ccncc2)c1. The summed E-state index contributed by atoms with van der Waals surface area (Å²) in [7, 11) is 0. The van der Waals surface area contributed by atoms with Gasteiger partial charge in [-0.2, -0.15) is 5.10 Å². The van der Waals surface area contributed by atoms with Crippen LogP contribution in [0.2, 0.25) is 0 Å². The van der Waals surface area contributed by atoms with E-state index in [1.54, 1.807) is 12.4 Å². The molecule has 0 saturated carbocycles. The van der Waals surface area contributed by atoms with Gasteiger partial charge in [-0.3, -0.25) is 9.67 Å². The van der Waals surface area contributed by atoms with Crippen molar-refractivity contribution < 1.29 is 0 Å². The smallest absolute Gasteiger partial charge is 0.0660 e. The van der Waals surface area contributed by atoms with Crippen LogP contribution in [0.25, 0.3) is 0 Å². The Balaban J connectivity index is 2.15. The van der Waals surface area contributed by atoms with Gasteiger partial charge in [-0.05, 0) is 30.2 Å². The van der Waals surface area contributed by atoms with Crippen LogP contribution in [0.5, 0.6) is 0 Å². The van der Waals surface area contributed by atoms with Crippen LogP contribution in [-0.4, -0.2) is 14.8 Å². The monoisotopic (exact) mass is 173 g/mol. The lowest BCUT2D eigenvalue weighted by Gasteiger charge is -1.99. The second-order valence-corrected chi connectivity index (χ2v) is 3.07. The van der Waals surface area contributed by atoms with Crippen LogP contribution < -0.4 is 0 Å². The molecule has 0 saturated heterocycles. The first-order chi connectivity index (χ1) is 6.34. The highest BCUT2D eigenvalue weighted by atomic mass is 15.3. The van der Waals surface area contributed by atoms with E-state index >= 15 is 0 Å². The summed E-state index contributed by atoms with van der Waals surface area (Å²) in [4.78, 5) is 3.96. The minimum absolute atomic E-state index is 0.816. The molecule has 0 radical (unpaired) electrons. The number of aromatic nitrogens is 3. The zero-order valence-electron chi connectivity index (χ0n) is 7.51. The van der Waals surface area contributed by atoms with Gasteiger partial charge in [-0.1, -0.05) is 0 Å². The Hall–Kier alpha value is -1.64. The van der Waals surface area contributed by atoms with Gasteiger partial charge in [0.2, 0.25) is 0 Å². The fourth-order valence-corrected chi connectivity index (χ4v) is 1.23. The van der Waals surface area contributed by atoms with Crippen molar-refractivity contribution in [1.82, 2.24) is 14.8 Å². The molecule has 2 aromatic rings. The zero-order chi connectivity index (χ0) is 9.10. The number of aryl methyl sites for hydroxylation is 1. The van der Waals surface area contributed by atoms with Crippen molar-refractivity contribution in [3.8, 4) is 0 Å². The van der Waals surface area contributed by atoms with Crippen molar-refractivity contribution in [1.29, 1.82) is 0 Å². The molecule has 0 aliphatic rings. The van der Waals surface area contributed by atoms with Gasteiger partial charge in [0.15, 0.2) is 0 Å². The highest BCUT2D eigenvalue weighted by molar-refractivity contribution is 5.10. The first-order valence-electron chi connectivity index (χ1n) is 4.22. The van der Waals surface area contributed by atoms with Crippen LogP contribution in [0.4, 0.5) is 0 Å². The van der Waals surface area contributed by atoms with Crippen LogP contribution in [0, 0.1) is 6.92 Å². The van der Waals surface area contributed by atoms with Crippen molar-refractivity contribution in [3.63, 3.8) is 0 Å². The summed E-state index contributed by atoms with van der Waals surface area (Å²) in [5.41, 5.74) is 2.41. The van der Waals surface area contributed by atoms with Crippen molar-refractivity contribution in [2.75, 3.05) is 0 Å². The van der Waals surface area contributed by atoms with E-state index in [-0.39, 0.29) is 0 Å². The number of hydrogen-bond donors (Lipinski definition) is 0. The Morgan fingerprint density at radius 2 is 2.08 bits per heavy atom. The minimum atomic E-state index is 0.816. The molecule has 0 N–H and O–H groups in total. The lowest BCUT2D eigenvalue weighted by molar-refractivity contribution is 0.686. The third-order valence-corrected chi connectivity index (χ3v) is 1.86. The summed E-state index contributed by atoms with van der Waals surface area (Å²) in [5.74, 6) is 0. The molecule has 0 spiro atoms. The average Bonchev–Trinajstić information content (AvgIpc) is 2.53. The largest absolute Gasteiger partial charge is 0.268 e. The number of pyridine rings is 1. The first kappa shape index (κ1) is 7.98. The maximum Gasteiger partial charge on any atom is 0.0660 e. The van der Waals surface area contributed by atoms with Gasteiger partial charge in [0.25, 0.3) is 0 Å². The van der Waals surface area contributed by atoms with Crippen LogP contribution in [0.3, 0.4) is 0 Å².